The van der Waals surface area contributed by atoms with Crippen molar-refractivity contribution >= 4 is 11.7 Å². The van der Waals surface area contributed by atoms with Crippen LogP contribution in [0.2, 0.25) is 0 Å². The third-order valence-electron chi connectivity index (χ3n) is 6.23. The molecule has 0 radical (unpaired) electrons. The normalized spacial score (nSPS) is 18.1. The fraction of sp³-hybridized carbons (Fsp3) is 0.417. The number of amides is 1. The van der Waals surface area contributed by atoms with Gasteiger partial charge in [-0.15, -0.1) is 0 Å². The molecule has 5 rings (SSSR count). The lowest BCUT2D eigenvalue weighted by Crippen LogP contribution is -2.44. The van der Waals surface area contributed by atoms with Crippen molar-refractivity contribution in [3.8, 4) is 11.4 Å². The Morgan fingerprint density at radius 2 is 2.00 bits per heavy atom. The van der Waals surface area contributed by atoms with Crippen molar-refractivity contribution < 1.29 is 4.79 Å². The van der Waals surface area contributed by atoms with E-state index in [2.05, 4.69) is 27.4 Å². The average Bonchev–Trinajstić information content (AvgIpc) is 3.51. The SMILES string of the molecule is O=C(NCCn1cccn1)[C@H]1CCCN(c2nc(-c3ccccc3)nc3c2CCC3)C1. The molecule has 3 heterocycles. The number of fused-ring (bicyclic) bond motifs is 1. The quantitative estimate of drug-likeness (QED) is 0.669. The molecule has 0 saturated carbocycles. The fourth-order valence-electron chi connectivity index (χ4n) is 4.64. The number of carbonyl (C=O) groups is 1. The van der Waals surface area contributed by atoms with E-state index in [1.165, 1.54) is 11.3 Å². The molecule has 1 atom stereocenters. The second-order valence-electron chi connectivity index (χ2n) is 8.36. The molecule has 0 bridgehead atoms. The van der Waals surface area contributed by atoms with Gasteiger partial charge >= 0.3 is 0 Å². The highest BCUT2D eigenvalue weighted by Crippen LogP contribution is 2.33. The molecule has 160 valence electrons. The summed E-state index contributed by atoms with van der Waals surface area (Å²) in [4.78, 5) is 25.0. The Morgan fingerprint density at radius 1 is 1.10 bits per heavy atom. The highest BCUT2D eigenvalue weighted by atomic mass is 16.1. The summed E-state index contributed by atoms with van der Waals surface area (Å²) in [5.74, 6) is 1.95. The van der Waals surface area contributed by atoms with Gasteiger partial charge in [-0.05, 0) is 38.2 Å². The van der Waals surface area contributed by atoms with E-state index in [0.717, 1.165) is 55.9 Å². The molecule has 7 heteroatoms. The van der Waals surface area contributed by atoms with E-state index in [9.17, 15) is 4.79 Å². The van der Waals surface area contributed by atoms with Crippen LogP contribution in [0.25, 0.3) is 11.4 Å². The number of benzene rings is 1. The number of rotatable bonds is 6. The van der Waals surface area contributed by atoms with E-state index in [4.69, 9.17) is 9.97 Å². The predicted molar refractivity (Wildman–Crippen MR) is 120 cm³/mol. The lowest BCUT2D eigenvalue weighted by atomic mass is 9.96. The molecule has 0 spiro atoms. The maximum Gasteiger partial charge on any atom is 0.224 e. The summed E-state index contributed by atoms with van der Waals surface area (Å²) in [6, 6.07) is 12.1. The molecule has 31 heavy (non-hydrogen) atoms. The molecular weight excluding hydrogens is 388 g/mol. The van der Waals surface area contributed by atoms with Crippen molar-refractivity contribution in [2.45, 2.75) is 38.6 Å². The highest BCUT2D eigenvalue weighted by molar-refractivity contribution is 5.79. The van der Waals surface area contributed by atoms with Crippen LogP contribution in [-0.2, 0) is 24.2 Å². The van der Waals surface area contributed by atoms with E-state index >= 15 is 0 Å². The Balaban J connectivity index is 1.31. The van der Waals surface area contributed by atoms with Crippen LogP contribution >= 0.6 is 0 Å². The minimum Gasteiger partial charge on any atom is -0.355 e. The Hall–Kier alpha value is -3.22. The molecule has 3 aromatic rings. The zero-order chi connectivity index (χ0) is 21.0. The molecule has 1 saturated heterocycles. The molecule has 1 aromatic carbocycles. The maximum atomic E-state index is 12.8. The van der Waals surface area contributed by atoms with Gasteiger partial charge in [0.05, 0.1) is 12.5 Å². The van der Waals surface area contributed by atoms with Gasteiger partial charge in [0, 0.05) is 48.8 Å². The first kappa shape index (κ1) is 19.7. The van der Waals surface area contributed by atoms with Gasteiger partial charge in [-0.2, -0.15) is 5.10 Å². The smallest absolute Gasteiger partial charge is 0.224 e. The van der Waals surface area contributed by atoms with Crippen molar-refractivity contribution in [2.75, 3.05) is 24.5 Å². The fourth-order valence-corrected chi connectivity index (χ4v) is 4.64. The van der Waals surface area contributed by atoms with Gasteiger partial charge in [0.2, 0.25) is 5.91 Å². The summed E-state index contributed by atoms with van der Waals surface area (Å²) in [7, 11) is 0. The second kappa shape index (κ2) is 8.88. The van der Waals surface area contributed by atoms with Gasteiger partial charge in [0.1, 0.15) is 5.82 Å². The summed E-state index contributed by atoms with van der Waals surface area (Å²) in [6.07, 6.45) is 8.74. The standard InChI is InChI=1S/C24H28N6O/c31-24(25-13-16-30-15-6-12-26-30)19-9-5-14-29(17-19)23-20-10-4-11-21(20)27-22(28-23)18-7-2-1-3-8-18/h1-3,6-8,12,15,19H,4-5,9-11,13-14,16-17H2,(H,25,31)/t19-/m0/s1. The third-order valence-corrected chi connectivity index (χ3v) is 6.23. The summed E-state index contributed by atoms with van der Waals surface area (Å²) in [6.45, 7) is 2.94. The number of aromatic nitrogens is 4. The lowest BCUT2D eigenvalue weighted by molar-refractivity contribution is -0.125. The third kappa shape index (κ3) is 4.31. The van der Waals surface area contributed by atoms with Crippen molar-refractivity contribution in [1.82, 2.24) is 25.1 Å². The summed E-state index contributed by atoms with van der Waals surface area (Å²) < 4.78 is 1.84. The van der Waals surface area contributed by atoms with Gasteiger partial charge < -0.3 is 10.2 Å². The second-order valence-corrected chi connectivity index (χ2v) is 8.36. The Morgan fingerprint density at radius 3 is 2.84 bits per heavy atom. The van der Waals surface area contributed by atoms with Crippen LogP contribution in [-0.4, -0.2) is 45.3 Å². The molecule has 1 aliphatic heterocycles. The first-order valence-corrected chi connectivity index (χ1v) is 11.2. The van der Waals surface area contributed by atoms with Crippen LogP contribution < -0.4 is 10.2 Å². The Kier molecular flexibility index (Phi) is 5.65. The highest BCUT2D eigenvalue weighted by Gasteiger charge is 2.30. The summed E-state index contributed by atoms with van der Waals surface area (Å²) in [5.41, 5.74) is 3.50. The number of aryl methyl sites for hydroxylation is 1. The van der Waals surface area contributed by atoms with E-state index in [1.807, 2.05) is 35.1 Å². The number of nitrogens with one attached hydrogen (secondary N) is 1. The Labute approximate surface area is 182 Å². The van der Waals surface area contributed by atoms with E-state index in [-0.39, 0.29) is 11.8 Å². The summed E-state index contributed by atoms with van der Waals surface area (Å²) >= 11 is 0. The first-order valence-electron chi connectivity index (χ1n) is 11.2. The number of nitrogens with zero attached hydrogens (tertiary/aromatic N) is 5. The van der Waals surface area contributed by atoms with Crippen molar-refractivity contribution in [3.05, 3.63) is 60.0 Å². The molecule has 2 aliphatic rings. The minimum atomic E-state index is -0.0152. The van der Waals surface area contributed by atoms with Crippen LogP contribution in [0.15, 0.2) is 48.8 Å². The lowest BCUT2D eigenvalue weighted by Gasteiger charge is -2.34. The average molecular weight is 417 g/mol. The molecule has 0 unspecified atom stereocenters. The van der Waals surface area contributed by atoms with Crippen LogP contribution in [0.5, 0.6) is 0 Å². The van der Waals surface area contributed by atoms with Crippen LogP contribution in [0, 0.1) is 5.92 Å². The zero-order valence-corrected chi connectivity index (χ0v) is 17.7. The predicted octanol–water partition coefficient (Wildman–Crippen LogP) is 2.86. The number of hydrogen-bond donors (Lipinski definition) is 1. The van der Waals surface area contributed by atoms with Crippen LogP contribution in [0.4, 0.5) is 5.82 Å². The topological polar surface area (TPSA) is 75.9 Å². The molecule has 2 aromatic heterocycles. The van der Waals surface area contributed by atoms with E-state index in [1.54, 1.807) is 6.20 Å². The van der Waals surface area contributed by atoms with Gasteiger partial charge in [0.25, 0.3) is 0 Å². The summed E-state index contributed by atoms with van der Waals surface area (Å²) in [5, 5.41) is 7.28. The molecule has 1 N–H and O–H groups in total. The van der Waals surface area contributed by atoms with Crippen LogP contribution in [0.3, 0.4) is 0 Å². The number of hydrogen-bond acceptors (Lipinski definition) is 5. The minimum absolute atomic E-state index is 0.0152. The first-order chi connectivity index (χ1) is 15.3. The molecular formula is C24H28N6O. The van der Waals surface area contributed by atoms with E-state index in [0.29, 0.717) is 19.6 Å². The molecule has 1 aliphatic carbocycles. The Bertz CT molecular complexity index is 1030. The van der Waals surface area contributed by atoms with Crippen molar-refractivity contribution in [2.24, 2.45) is 5.92 Å². The van der Waals surface area contributed by atoms with Crippen LogP contribution in [0.1, 0.15) is 30.5 Å². The number of piperidine rings is 1. The molecule has 1 amide bonds. The van der Waals surface area contributed by atoms with Gasteiger partial charge in [-0.1, -0.05) is 30.3 Å². The van der Waals surface area contributed by atoms with Gasteiger partial charge in [0.15, 0.2) is 5.82 Å². The number of anilines is 1. The van der Waals surface area contributed by atoms with Gasteiger partial charge in [-0.25, -0.2) is 9.97 Å². The monoisotopic (exact) mass is 416 g/mol. The molecule has 7 nitrogen and oxygen atoms in total. The van der Waals surface area contributed by atoms with Crippen molar-refractivity contribution in [1.29, 1.82) is 0 Å². The molecule has 1 fully saturated rings. The largest absolute Gasteiger partial charge is 0.355 e. The zero-order valence-electron chi connectivity index (χ0n) is 17.7. The number of carbonyl (C=O) groups excluding carboxylic acids is 1. The van der Waals surface area contributed by atoms with Crippen molar-refractivity contribution in [3.63, 3.8) is 0 Å². The van der Waals surface area contributed by atoms with E-state index < -0.39 is 0 Å². The maximum absolute atomic E-state index is 12.8. The van der Waals surface area contributed by atoms with Gasteiger partial charge in [-0.3, -0.25) is 9.48 Å².